The SMILES string of the molecule is N#[C][Fe-3]([C]#N)([C]#N)([C]#N)([C]#N)[C]#N.[K+].[K+].[K+].[K+].[NaH].[OH-]. The second-order valence-electron chi connectivity index (χ2n) is 1.80. The van der Waals surface area contributed by atoms with Crippen LogP contribution >= 0.6 is 0 Å². The van der Waals surface area contributed by atoms with Gasteiger partial charge in [-0.2, -0.15) is 0 Å². The van der Waals surface area contributed by atoms with Crippen molar-refractivity contribution in [1.82, 2.24) is 0 Å². The van der Waals surface area contributed by atoms with Crippen molar-refractivity contribution in [2.45, 2.75) is 0 Å². The molecule has 13 heteroatoms. The first-order valence-electron chi connectivity index (χ1n) is 2.40. The Kier molecular flexibility index (Phi) is 38.0. The fourth-order valence-electron chi connectivity index (χ4n) is 0.265. The second kappa shape index (κ2) is 16.4. The van der Waals surface area contributed by atoms with Crippen molar-refractivity contribution in [2.75, 3.05) is 0 Å². The van der Waals surface area contributed by atoms with Crippen molar-refractivity contribution in [1.29, 1.82) is 31.6 Å². The second-order valence-corrected chi connectivity index (χ2v) is 7.42. The predicted octanol–water partition coefficient (Wildman–Crippen LogP) is -12.7. The van der Waals surface area contributed by atoms with Gasteiger partial charge in [0.05, 0.1) is 0 Å². The Bertz CT molecular complexity index is 412. The van der Waals surface area contributed by atoms with Crippen LogP contribution in [-0.2, 0) is 10.7 Å². The van der Waals surface area contributed by atoms with Gasteiger partial charge >= 0.3 is 307 Å². The van der Waals surface area contributed by atoms with Gasteiger partial charge in [-0.3, -0.25) is 0 Å². The van der Waals surface area contributed by atoms with Gasteiger partial charge in [0.15, 0.2) is 0 Å². The molecule has 0 unspecified atom stereocenters. The van der Waals surface area contributed by atoms with Gasteiger partial charge in [-0.15, -0.1) is 0 Å². The van der Waals surface area contributed by atoms with Crippen LogP contribution in [0.15, 0.2) is 0 Å². The van der Waals surface area contributed by atoms with E-state index in [9.17, 15) is 0 Å². The third kappa shape index (κ3) is 8.26. The first-order valence-corrected chi connectivity index (χ1v) is 5.71. The summed E-state index contributed by atoms with van der Waals surface area (Å²) in [7, 11) is -6.17. The summed E-state index contributed by atoms with van der Waals surface area (Å²) in [5.41, 5.74) is 0. The molecule has 0 saturated carbocycles. The molecule has 19 heavy (non-hydrogen) atoms. The maximum absolute atomic E-state index is 8.58. The van der Waals surface area contributed by atoms with Crippen LogP contribution in [0.1, 0.15) is 0 Å². The molecule has 0 saturated heterocycles. The third-order valence-electron chi connectivity index (χ3n) is 1.19. The summed E-state index contributed by atoms with van der Waals surface area (Å²) in [6, 6.07) is 0. The number of rotatable bonds is 0. The van der Waals surface area contributed by atoms with Gasteiger partial charge in [-0.05, 0) is 0 Å². The predicted molar refractivity (Wildman–Crippen MR) is 42.8 cm³/mol. The Balaban J connectivity index is -0.0000000480. The van der Waals surface area contributed by atoms with Gasteiger partial charge in [-0.1, -0.05) is 0 Å². The average molecular weight is 409 g/mol. The monoisotopic (exact) mass is 409 g/mol. The minimum absolute atomic E-state index is 0. The minimum Gasteiger partial charge on any atom is -0.870 e. The summed E-state index contributed by atoms with van der Waals surface area (Å²) in [5, 5.41) is 51.5. The number of nitriles is 6. The molecule has 0 aromatic heterocycles. The molecule has 0 aliphatic heterocycles. The van der Waals surface area contributed by atoms with E-state index in [0.717, 1.165) is 29.8 Å². The summed E-state index contributed by atoms with van der Waals surface area (Å²) in [4.78, 5) is 6.19. The molecular weight excluding hydrogens is 407 g/mol. The molecule has 75 valence electrons. The van der Waals surface area contributed by atoms with Crippen molar-refractivity contribution < 1.29 is 222 Å². The van der Waals surface area contributed by atoms with Crippen molar-refractivity contribution in [3.63, 3.8) is 0 Å². The van der Waals surface area contributed by atoms with Crippen molar-refractivity contribution in [3.05, 3.63) is 0 Å². The molecule has 7 nitrogen and oxygen atoms in total. The van der Waals surface area contributed by atoms with Crippen LogP contribution in [0.3, 0.4) is 0 Å². The average Bonchev–Trinajstić information content (AvgIpc) is 2.26. The fourth-order valence-corrected chi connectivity index (χ4v) is 1.09. The third-order valence-corrected chi connectivity index (χ3v) is 4.89. The molecule has 0 spiro atoms. The van der Waals surface area contributed by atoms with E-state index in [1.165, 1.54) is 0 Å². The molecule has 0 amide bonds. The van der Waals surface area contributed by atoms with E-state index < -0.39 is 10.7 Å². The van der Waals surface area contributed by atoms with Crippen LogP contribution in [0.5, 0.6) is 0 Å². The van der Waals surface area contributed by atoms with Gasteiger partial charge in [-0.25, -0.2) is 0 Å². The van der Waals surface area contributed by atoms with Crippen LogP contribution in [0.2, 0.25) is 0 Å². The smallest absolute Gasteiger partial charge is 0.870 e. The van der Waals surface area contributed by atoms with Crippen LogP contribution < -0.4 is 206 Å². The van der Waals surface area contributed by atoms with E-state index in [4.69, 9.17) is 31.6 Å². The zero-order valence-electron chi connectivity index (χ0n) is 10.5. The molecule has 0 aromatic rings. The summed E-state index contributed by atoms with van der Waals surface area (Å²) in [6.07, 6.45) is 0. The Labute approximate surface area is 302 Å². The molecule has 0 bridgehead atoms. The first-order chi connectivity index (χ1) is 5.97. The summed E-state index contributed by atoms with van der Waals surface area (Å²) < 4.78 is 0. The van der Waals surface area contributed by atoms with E-state index in [1.807, 2.05) is 0 Å². The molecule has 0 aromatic carbocycles. The topological polar surface area (TPSA) is 173 Å². The normalized spacial score (nSPS) is 9.16. The maximum atomic E-state index is 8.58. The van der Waals surface area contributed by atoms with Crippen molar-refractivity contribution >= 4 is 29.6 Å². The quantitative estimate of drug-likeness (QED) is 0.357. The molecule has 0 radical (unpaired) electrons. The van der Waals surface area contributed by atoms with E-state index >= 15 is 0 Å². The summed E-state index contributed by atoms with van der Waals surface area (Å²) in [6.45, 7) is 0. The number of hydrogen-bond donors (Lipinski definition) is 0. The van der Waals surface area contributed by atoms with Crippen LogP contribution in [0, 0.1) is 61.4 Å². The Morgan fingerprint density at radius 2 is 0.579 bits per heavy atom. The van der Waals surface area contributed by atoms with E-state index in [0.29, 0.717) is 0 Å². The van der Waals surface area contributed by atoms with Gasteiger partial charge in [0, 0.05) is 0 Å². The molecule has 1 N–H and O–H groups in total. The van der Waals surface area contributed by atoms with Crippen molar-refractivity contribution in [3.8, 4) is 29.8 Å². The zero-order valence-corrected chi connectivity index (χ0v) is 24.1. The maximum Gasteiger partial charge on any atom is -0.870 e. The van der Waals surface area contributed by atoms with E-state index in [1.54, 1.807) is 0 Å². The van der Waals surface area contributed by atoms with Gasteiger partial charge in [0.25, 0.3) is 0 Å². The van der Waals surface area contributed by atoms with Gasteiger partial charge in [0.1, 0.15) is 0 Å². The number of nitrogens with zero attached hydrogens (tertiary/aromatic N) is 6. The molecule has 0 rings (SSSR count). The van der Waals surface area contributed by atoms with E-state index in [2.05, 4.69) is 0 Å². The molecule has 0 heterocycles. The minimum atomic E-state index is -6.17. The summed E-state index contributed by atoms with van der Waals surface area (Å²) >= 11 is 0. The van der Waals surface area contributed by atoms with E-state index in [-0.39, 0.29) is 241 Å². The van der Waals surface area contributed by atoms with Crippen LogP contribution in [0.4, 0.5) is 0 Å². The van der Waals surface area contributed by atoms with Crippen LogP contribution in [-0.4, -0.2) is 35.0 Å². The molecule has 0 aliphatic carbocycles. The van der Waals surface area contributed by atoms with Crippen molar-refractivity contribution in [2.24, 2.45) is 0 Å². The Morgan fingerprint density at radius 1 is 0.474 bits per heavy atom. The Morgan fingerprint density at radius 3 is 0.579 bits per heavy atom. The number of hydrogen-bond acceptors (Lipinski definition) is 7. The van der Waals surface area contributed by atoms with Gasteiger partial charge in [0.2, 0.25) is 0 Å². The van der Waals surface area contributed by atoms with Crippen LogP contribution in [0.25, 0.3) is 0 Å². The molecule has 0 aliphatic rings. The molecule has 0 atom stereocenters. The summed E-state index contributed by atoms with van der Waals surface area (Å²) in [5.74, 6) is 0. The largest absolute Gasteiger partial charge is 0.870 e. The fraction of sp³-hybridized carbons (Fsp3) is 0. The zero-order chi connectivity index (χ0) is 10.7. The van der Waals surface area contributed by atoms with Gasteiger partial charge < -0.3 is 5.48 Å². The Hall–Kier alpha value is 4.96. The first kappa shape index (κ1) is 43.9. The molecule has 0 fully saturated rings. The standard InChI is InChI=1S/6CN.Fe.4K.Na.H2O.H/c6*1-2;;;;;;;;/h;;;;;;;;;;;;1H2;/q;;;;;;-3;4*+1;;;/p-1. The molecular formula is C6H2FeK4N6NaO.